The van der Waals surface area contributed by atoms with Gasteiger partial charge in [-0.15, -0.1) is 0 Å². The third-order valence-electron chi connectivity index (χ3n) is 3.94. The van der Waals surface area contributed by atoms with Crippen molar-refractivity contribution in [1.82, 2.24) is 10.2 Å². The monoisotopic (exact) mass is 276 g/mol. The van der Waals surface area contributed by atoms with Crippen LogP contribution in [0.3, 0.4) is 0 Å². The molecule has 0 bridgehead atoms. The number of benzene rings is 1. The van der Waals surface area contributed by atoms with Gasteiger partial charge < -0.3 is 10.2 Å². The molecule has 0 aliphatic heterocycles. The molecule has 0 amide bonds. The van der Waals surface area contributed by atoms with Crippen molar-refractivity contribution < 1.29 is 0 Å². The topological polar surface area (TPSA) is 15.3 Å². The van der Waals surface area contributed by atoms with Crippen molar-refractivity contribution in [2.24, 2.45) is 0 Å². The maximum atomic E-state index is 3.48. The fourth-order valence-electron chi connectivity index (χ4n) is 2.90. The summed E-state index contributed by atoms with van der Waals surface area (Å²) >= 11 is 0. The Hall–Kier alpha value is -0.860. The average Bonchev–Trinajstić information content (AvgIpc) is 2.36. The second-order valence-electron chi connectivity index (χ2n) is 6.18. The van der Waals surface area contributed by atoms with Crippen molar-refractivity contribution in [3.63, 3.8) is 0 Å². The Kier molecular flexibility index (Phi) is 7.25. The summed E-state index contributed by atoms with van der Waals surface area (Å²) in [5.41, 5.74) is 4.13. The standard InChI is InChI=1S/C18H32N2/c1-7-9-20(14(2)3)10-8-18(19-6)17-12-15(4)11-16(5)13-17/h11-14,18-19H,7-10H2,1-6H3. The highest BCUT2D eigenvalue weighted by atomic mass is 15.1. The first kappa shape index (κ1) is 17.2. The van der Waals surface area contributed by atoms with E-state index in [-0.39, 0.29) is 0 Å². The van der Waals surface area contributed by atoms with E-state index in [1.165, 1.54) is 29.7 Å². The van der Waals surface area contributed by atoms with Crippen LogP contribution in [-0.4, -0.2) is 31.1 Å². The van der Waals surface area contributed by atoms with Crippen molar-refractivity contribution in [3.8, 4) is 0 Å². The lowest BCUT2D eigenvalue weighted by atomic mass is 9.99. The fraction of sp³-hybridized carbons (Fsp3) is 0.667. The minimum absolute atomic E-state index is 0.451. The molecular formula is C18H32N2. The van der Waals surface area contributed by atoms with Gasteiger partial charge in [-0.3, -0.25) is 0 Å². The predicted octanol–water partition coefficient (Wildman–Crippen LogP) is 4.07. The second-order valence-corrected chi connectivity index (χ2v) is 6.18. The number of hydrogen-bond donors (Lipinski definition) is 1. The molecule has 0 aromatic heterocycles. The molecule has 20 heavy (non-hydrogen) atoms. The molecule has 0 saturated carbocycles. The van der Waals surface area contributed by atoms with Gasteiger partial charge >= 0.3 is 0 Å². The van der Waals surface area contributed by atoms with Gasteiger partial charge in [-0.2, -0.15) is 0 Å². The zero-order chi connectivity index (χ0) is 15.1. The van der Waals surface area contributed by atoms with E-state index in [2.05, 4.69) is 70.1 Å². The van der Waals surface area contributed by atoms with Crippen LogP contribution in [0.15, 0.2) is 18.2 Å². The first-order chi connectivity index (χ1) is 9.47. The summed E-state index contributed by atoms with van der Waals surface area (Å²) in [6.45, 7) is 13.6. The van der Waals surface area contributed by atoms with Crippen LogP contribution in [0.1, 0.15) is 56.3 Å². The molecule has 1 rings (SSSR count). The van der Waals surface area contributed by atoms with Crippen molar-refractivity contribution in [1.29, 1.82) is 0 Å². The van der Waals surface area contributed by atoms with Gasteiger partial charge in [0, 0.05) is 18.6 Å². The number of hydrogen-bond acceptors (Lipinski definition) is 2. The van der Waals surface area contributed by atoms with Crippen molar-refractivity contribution >= 4 is 0 Å². The van der Waals surface area contributed by atoms with Crippen LogP contribution in [0.4, 0.5) is 0 Å². The molecule has 0 radical (unpaired) electrons. The van der Waals surface area contributed by atoms with Gasteiger partial charge in [-0.25, -0.2) is 0 Å². The molecule has 1 unspecified atom stereocenters. The van der Waals surface area contributed by atoms with Gasteiger partial charge in [0.2, 0.25) is 0 Å². The molecule has 1 aromatic carbocycles. The summed E-state index contributed by atoms with van der Waals surface area (Å²) < 4.78 is 0. The van der Waals surface area contributed by atoms with E-state index in [1.807, 2.05) is 0 Å². The number of rotatable bonds is 8. The maximum Gasteiger partial charge on any atom is 0.0329 e. The molecule has 0 heterocycles. The highest BCUT2D eigenvalue weighted by Crippen LogP contribution is 2.20. The third-order valence-corrected chi connectivity index (χ3v) is 3.94. The van der Waals surface area contributed by atoms with E-state index in [1.54, 1.807) is 0 Å². The summed E-state index contributed by atoms with van der Waals surface area (Å²) in [5.74, 6) is 0. The van der Waals surface area contributed by atoms with Gasteiger partial charge in [0.25, 0.3) is 0 Å². The van der Waals surface area contributed by atoms with Crippen LogP contribution < -0.4 is 5.32 Å². The van der Waals surface area contributed by atoms with E-state index >= 15 is 0 Å². The van der Waals surface area contributed by atoms with Crippen molar-refractivity contribution in [2.45, 2.75) is 59.5 Å². The zero-order valence-corrected chi connectivity index (χ0v) is 14.2. The minimum atomic E-state index is 0.451. The molecule has 0 aliphatic carbocycles. The van der Waals surface area contributed by atoms with Gasteiger partial charge in [-0.1, -0.05) is 36.2 Å². The molecule has 1 N–H and O–H groups in total. The number of nitrogens with one attached hydrogen (secondary N) is 1. The Morgan fingerprint density at radius 2 is 1.65 bits per heavy atom. The Bertz CT molecular complexity index is 378. The Morgan fingerprint density at radius 1 is 1.05 bits per heavy atom. The highest BCUT2D eigenvalue weighted by Gasteiger charge is 2.14. The van der Waals surface area contributed by atoms with E-state index in [9.17, 15) is 0 Å². The Balaban J connectivity index is 2.71. The van der Waals surface area contributed by atoms with Crippen LogP contribution in [0.2, 0.25) is 0 Å². The summed E-state index contributed by atoms with van der Waals surface area (Å²) in [6, 6.07) is 7.95. The molecule has 0 spiro atoms. The van der Waals surface area contributed by atoms with Crippen LogP contribution in [-0.2, 0) is 0 Å². The van der Waals surface area contributed by atoms with Gasteiger partial charge in [0.1, 0.15) is 0 Å². The molecular weight excluding hydrogens is 244 g/mol. The molecule has 2 heteroatoms. The lowest BCUT2D eigenvalue weighted by molar-refractivity contribution is 0.211. The summed E-state index contributed by atoms with van der Waals surface area (Å²) in [4.78, 5) is 2.58. The first-order valence-corrected chi connectivity index (χ1v) is 7.97. The average molecular weight is 276 g/mol. The van der Waals surface area contributed by atoms with E-state index in [0.717, 1.165) is 13.0 Å². The van der Waals surface area contributed by atoms with E-state index < -0.39 is 0 Å². The first-order valence-electron chi connectivity index (χ1n) is 7.97. The summed E-state index contributed by atoms with van der Waals surface area (Å²) in [6.07, 6.45) is 2.39. The van der Waals surface area contributed by atoms with Gasteiger partial charge in [-0.05, 0) is 59.7 Å². The lowest BCUT2D eigenvalue weighted by Crippen LogP contribution is -2.34. The molecule has 114 valence electrons. The van der Waals surface area contributed by atoms with Gasteiger partial charge in [0.15, 0.2) is 0 Å². The summed E-state index contributed by atoms with van der Waals surface area (Å²) in [5, 5.41) is 3.48. The van der Waals surface area contributed by atoms with E-state index in [0.29, 0.717) is 12.1 Å². The SMILES string of the molecule is CCCN(CCC(NC)c1cc(C)cc(C)c1)C(C)C. The van der Waals surface area contributed by atoms with Crippen LogP contribution in [0.25, 0.3) is 0 Å². The summed E-state index contributed by atoms with van der Waals surface area (Å²) in [7, 11) is 2.07. The third kappa shape index (κ3) is 5.26. The minimum Gasteiger partial charge on any atom is -0.313 e. The normalized spacial score (nSPS) is 13.2. The number of aryl methyl sites for hydroxylation is 2. The smallest absolute Gasteiger partial charge is 0.0329 e. The molecule has 0 fully saturated rings. The van der Waals surface area contributed by atoms with Crippen molar-refractivity contribution in [3.05, 3.63) is 34.9 Å². The Morgan fingerprint density at radius 3 is 2.10 bits per heavy atom. The van der Waals surface area contributed by atoms with Gasteiger partial charge in [0.05, 0.1) is 0 Å². The molecule has 0 aliphatic rings. The zero-order valence-electron chi connectivity index (χ0n) is 14.2. The van der Waals surface area contributed by atoms with Crippen molar-refractivity contribution in [2.75, 3.05) is 20.1 Å². The fourth-order valence-corrected chi connectivity index (χ4v) is 2.90. The molecule has 2 nitrogen and oxygen atoms in total. The highest BCUT2D eigenvalue weighted by molar-refractivity contribution is 5.30. The Labute approximate surface area is 125 Å². The molecule has 1 aromatic rings. The lowest BCUT2D eigenvalue weighted by Gasteiger charge is -2.28. The van der Waals surface area contributed by atoms with Crippen LogP contribution in [0.5, 0.6) is 0 Å². The quantitative estimate of drug-likeness (QED) is 0.770. The number of nitrogens with zero attached hydrogens (tertiary/aromatic N) is 1. The second kappa shape index (κ2) is 8.43. The largest absolute Gasteiger partial charge is 0.313 e. The predicted molar refractivity (Wildman–Crippen MR) is 89.3 cm³/mol. The molecule has 0 saturated heterocycles. The van der Waals surface area contributed by atoms with E-state index in [4.69, 9.17) is 0 Å². The van der Waals surface area contributed by atoms with Crippen LogP contribution in [0, 0.1) is 13.8 Å². The molecule has 1 atom stereocenters. The van der Waals surface area contributed by atoms with Crippen LogP contribution >= 0.6 is 0 Å². The maximum absolute atomic E-state index is 3.48.